The first-order valence-electron chi connectivity index (χ1n) is 10.00. The van der Waals surface area contributed by atoms with E-state index in [1.54, 1.807) is 11.9 Å². The number of thioether (sulfide) groups is 1. The number of piperazine rings is 1. The van der Waals surface area contributed by atoms with Gasteiger partial charge in [-0.1, -0.05) is 23.9 Å². The number of aryl methyl sites for hydroxylation is 1. The molecule has 1 aromatic rings. The molecule has 2 heterocycles. The van der Waals surface area contributed by atoms with Crippen LogP contribution in [0.1, 0.15) is 12.0 Å². The average molecular weight is 468 g/mol. The molecular weight excluding hydrogens is 438 g/mol. The molecule has 170 valence electrons. The second-order valence-corrected chi connectivity index (χ2v) is 10.7. The van der Waals surface area contributed by atoms with Crippen LogP contribution in [-0.2, 0) is 21.2 Å². The molecule has 0 aromatic heterocycles. The van der Waals surface area contributed by atoms with Gasteiger partial charge >= 0.3 is 0 Å². The molecule has 31 heavy (non-hydrogen) atoms. The van der Waals surface area contributed by atoms with Crippen molar-refractivity contribution in [2.24, 2.45) is 21.5 Å². The van der Waals surface area contributed by atoms with E-state index in [2.05, 4.69) is 15.3 Å². The van der Waals surface area contributed by atoms with Gasteiger partial charge in [0.25, 0.3) is 0 Å². The highest BCUT2D eigenvalue weighted by Crippen LogP contribution is 2.29. The van der Waals surface area contributed by atoms with E-state index >= 15 is 0 Å². The fraction of sp³-hybridized carbons (Fsp3) is 0.526. The molecule has 2 aliphatic heterocycles. The van der Waals surface area contributed by atoms with Crippen LogP contribution in [-0.4, -0.2) is 85.4 Å². The SMILES string of the molecule is CN=C1NC(CCc2ccc(N=C(N)N)cc2)C(C(=O)N2CCN(S(C)(=O)=O)CC2)S1. The number of sulfonamides is 1. The first-order valence-corrected chi connectivity index (χ1v) is 12.7. The summed E-state index contributed by atoms with van der Waals surface area (Å²) in [7, 11) is -1.53. The van der Waals surface area contributed by atoms with Crippen LogP contribution in [0.25, 0.3) is 0 Å². The van der Waals surface area contributed by atoms with Crippen molar-refractivity contribution in [3.63, 3.8) is 0 Å². The van der Waals surface area contributed by atoms with E-state index in [0.29, 0.717) is 31.9 Å². The summed E-state index contributed by atoms with van der Waals surface area (Å²) in [6.07, 6.45) is 2.74. The van der Waals surface area contributed by atoms with E-state index in [4.69, 9.17) is 11.5 Å². The van der Waals surface area contributed by atoms with Gasteiger partial charge in [0.1, 0.15) is 5.25 Å². The monoisotopic (exact) mass is 467 g/mol. The summed E-state index contributed by atoms with van der Waals surface area (Å²) in [5.41, 5.74) is 12.6. The third kappa shape index (κ3) is 6.11. The molecule has 2 aliphatic rings. The summed E-state index contributed by atoms with van der Waals surface area (Å²) in [5, 5.41) is 3.82. The number of nitrogens with zero attached hydrogens (tertiary/aromatic N) is 4. The molecule has 1 amide bonds. The molecule has 3 rings (SSSR count). The first-order chi connectivity index (χ1) is 14.7. The predicted molar refractivity (Wildman–Crippen MR) is 125 cm³/mol. The van der Waals surface area contributed by atoms with E-state index in [-0.39, 0.29) is 23.2 Å². The highest BCUT2D eigenvalue weighted by atomic mass is 32.2. The maximum atomic E-state index is 13.2. The molecule has 2 fully saturated rings. The molecule has 0 aliphatic carbocycles. The van der Waals surface area contributed by atoms with E-state index in [1.807, 2.05) is 24.3 Å². The number of amidine groups is 1. The first kappa shape index (κ1) is 23.4. The van der Waals surface area contributed by atoms with Crippen molar-refractivity contribution in [3.05, 3.63) is 29.8 Å². The molecule has 2 atom stereocenters. The number of hydrogen-bond acceptors (Lipinski definition) is 6. The Morgan fingerprint density at radius 2 is 1.84 bits per heavy atom. The van der Waals surface area contributed by atoms with Crippen LogP contribution in [0.4, 0.5) is 5.69 Å². The van der Waals surface area contributed by atoms with Gasteiger partial charge < -0.3 is 21.7 Å². The topological polar surface area (TPSA) is 146 Å². The summed E-state index contributed by atoms with van der Waals surface area (Å²) in [6.45, 7) is 1.47. The van der Waals surface area contributed by atoms with Crippen molar-refractivity contribution < 1.29 is 13.2 Å². The highest BCUT2D eigenvalue weighted by molar-refractivity contribution is 8.15. The van der Waals surface area contributed by atoms with E-state index in [9.17, 15) is 13.2 Å². The Kier molecular flexibility index (Phi) is 7.44. The Morgan fingerprint density at radius 1 is 1.19 bits per heavy atom. The van der Waals surface area contributed by atoms with Gasteiger partial charge in [-0.2, -0.15) is 4.31 Å². The number of amides is 1. The van der Waals surface area contributed by atoms with E-state index < -0.39 is 10.0 Å². The summed E-state index contributed by atoms with van der Waals surface area (Å²) < 4.78 is 24.9. The number of carbonyl (C=O) groups is 1. The Balaban J connectivity index is 1.62. The zero-order valence-corrected chi connectivity index (χ0v) is 19.3. The van der Waals surface area contributed by atoms with Crippen molar-refractivity contribution in [3.8, 4) is 0 Å². The average Bonchev–Trinajstić information content (AvgIpc) is 3.15. The molecule has 0 radical (unpaired) electrons. The second-order valence-electron chi connectivity index (χ2n) is 7.55. The molecule has 2 unspecified atom stereocenters. The van der Waals surface area contributed by atoms with Crippen molar-refractivity contribution >= 4 is 44.5 Å². The van der Waals surface area contributed by atoms with Gasteiger partial charge in [-0.05, 0) is 30.5 Å². The normalized spacial score (nSPS) is 23.5. The fourth-order valence-corrected chi connectivity index (χ4v) is 5.67. The molecule has 10 nitrogen and oxygen atoms in total. The van der Waals surface area contributed by atoms with Gasteiger partial charge in [0.2, 0.25) is 15.9 Å². The molecule has 0 bridgehead atoms. The molecule has 5 N–H and O–H groups in total. The lowest BCUT2D eigenvalue weighted by atomic mass is 10.0. The lowest BCUT2D eigenvalue weighted by Crippen LogP contribution is -2.53. The number of hydrogen-bond donors (Lipinski definition) is 3. The van der Waals surface area contributed by atoms with Crippen LogP contribution in [0.5, 0.6) is 0 Å². The summed E-state index contributed by atoms with van der Waals surface area (Å²) in [4.78, 5) is 23.2. The minimum absolute atomic E-state index is 0.0186. The van der Waals surface area contributed by atoms with Gasteiger partial charge in [-0.25, -0.2) is 13.4 Å². The zero-order chi connectivity index (χ0) is 22.6. The Bertz CT molecular complexity index is 951. The molecular formula is C19H29N7O3S2. The van der Waals surface area contributed by atoms with Crippen LogP contribution >= 0.6 is 11.8 Å². The maximum absolute atomic E-state index is 13.2. The maximum Gasteiger partial charge on any atom is 0.238 e. The molecule has 2 saturated heterocycles. The van der Waals surface area contributed by atoms with Crippen molar-refractivity contribution in [1.82, 2.24) is 14.5 Å². The molecule has 0 saturated carbocycles. The number of guanidine groups is 1. The number of aliphatic imine (C=N–C) groups is 2. The van der Waals surface area contributed by atoms with Gasteiger partial charge in [-0.3, -0.25) is 9.79 Å². The molecule has 12 heteroatoms. The summed E-state index contributed by atoms with van der Waals surface area (Å²) >= 11 is 1.44. The quantitative estimate of drug-likeness (QED) is 0.384. The lowest BCUT2D eigenvalue weighted by Gasteiger charge is -2.35. The Hall–Kier alpha value is -2.31. The molecule has 0 spiro atoms. The van der Waals surface area contributed by atoms with Crippen LogP contribution in [0.3, 0.4) is 0 Å². The predicted octanol–water partition coefficient (Wildman–Crippen LogP) is -0.313. The van der Waals surface area contributed by atoms with Crippen LogP contribution in [0, 0.1) is 0 Å². The van der Waals surface area contributed by atoms with Crippen LogP contribution in [0.15, 0.2) is 34.3 Å². The standard InChI is InChI=1S/C19H29N7O3S2/c1-22-19-24-15(8-5-13-3-6-14(7-4-13)23-18(20)21)16(30-19)17(27)25-9-11-26(12-10-25)31(2,28)29/h3-4,6-7,15-16H,5,8-12H2,1-2H3,(H,22,24)(H4,20,21,23). The number of nitrogens with two attached hydrogens (primary N) is 2. The number of nitrogens with one attached hydrogen (secondary N) is 1. The van der Waals surface area contributed by atoms with Gasteiger partial charge in [0.15, 0.2) is 11.1 Å². The number of carbonyl (C=O) groups excluding carboxylic acids is 1. The summed E-state index contributed by atoms with van der Waals surface area (Å²) in [5.74, 6) is 0.0439. The third-order valence-corrected chi connectivity index (χ3v) is 7.93. The number of benzene rings is 1. The smallest absolute Gasteiger partial charge is 0.238 e. The minimum atomic E-state index is -3.23. The van der Waals surface area contributed by atoms with Gasteiger partial charge in [0, 0.05) is 39.3 Å². The van der Waals surface area contributed by atoms with E-state index in [1.165, 1.54) is 22.3 Å². The van der Waals surface area contributed by atoms with Crippen LogP contribution < -0.4 is 16.8 Å². The van der Waals surface area contributed by atoms with Gasteiger partial charge in [0.05, 0.1) is 11.9 Å². The third-order valence-electron chi connectivity index (χ3n) is 5.32. The molecule has 1 aromatic carbocycles. The van der Waals surface area contributed by atoms with Crippen LogP contribution in [0.2, 0.25) is 0 Å². The van der Waals surface area contributed by atoms with Crippen molar-refractivity contribution in [2.45, 2.75) is 24.1 Å². The Labute approximate surface area is 187 Å². The highest BCUT2D eigenvalue weighted by Gasteiger charge is 2.40. The minimum Gasteiger partial charge on any atom is -0.370 e. The Morgan fingerprint density at radius 3 is 2.39 bits per heavy atom. The fourth-order valence-electron chi connectivity index (χ4n) is 3.66. The second kappa shape index (κ2) is 9.88. The summed E-state index contributed by atoms with van der Waals surface area (Å²) in [6, 6.07) is 7.60. The van der Waals surface area contributed by atoms with Crippen molar-refractivity contribution in [2.75, 3.05) is 39.5 Å². The van der Waals surface area contributed by atoms with E-state index in [0.717, 1.165) is 23.6 Å². The lowest BCUT2D eigenvalue weighted by molar-refractivity contribution is -0.132. The van der Waals surface area contributed by atoms with Crippen molar-refractivity contribution in [1.29, 1.82) is 0 Å². The van der Waals surface area contributed by atoms with Gasteiger partial charge in [-0.15, -0.1) is 0 Å². The zero-order valence-electron chi connectivity index (χ0n) is 17.7. The number of rotatable bonds is 6. The largest absolute Gasteiger partial charge is 0.370 e.